The number of primary amides is 1. The zero-order chi connectivity index (χ0) is 17.3. The van der Waals surface area contributed by atoms with Crippen molar-refractivity contribution < 1.29 is 4.79 Å². The van der Waals surface area contributed by atoms with Crippen LogP contribution in [-0.4, -0.2) is 55.5 Å². The van der Waals surface area contributed by atoms with Gasteiger partial charge in [-0.3, -0.25) is 14.7 Å². The van der Waals surface area contributed by atoms with Crippen molar-refractivity contribution in [3.05, 3.63) is 0 Å². The van der Waals surface area contributed by atoms with E-state index in [2.05, 4.69) is 27.4 Å². The normalized spacial score (nSPS) is 20.3. The van der Waals surface area contributed by atoms with Crippen LogP contribution in [0.2, 0.25) is 0 Å². The highest BCUT2D eigenvalue weighted by molar-refractivity contribution is 5.82. The van der Waals surface area contributed by atoms with Crippen LogP contribution in [0.15, 0.2) is 4.99 Å². The third-order valence-electron chi connectivity index (χ3n) is 4.56. The van der Waals surface area contributed by atoms with Gasteiger partial charge < -0.3 is 16.4 Å². The van der Waals surface area contributed by atoms with E-state index in [1.54, 1.807) is 0 Å². The van der Waals surface area contributed by atoms with Crippen LogP contribution in [0.5, 0.6) is 0 Å². The number of rotatable bonds is 8. The predicted molar refractivity (Wildman–Crippen MR) is 96.5 cm³/mol. The maximum atomic E-state index is 11.4. The molecule has 0 aliphatic carbocycles. The molecule has 0 aromatic heterocycles. The summed E-state index contributed by atoms with van der Waals surface area (Å²) in [5.41, 5.74) is 4.78. The molecule has 1 aliphatic rings. The smallest absolute Gasteiger partial charge is 0.224 e. The van der Waals surface area contributed by atoms with Gasteiger partial charge in [0.2, 0.25) is 5.91 Å². The average molecular weight is 326 g/mol. The number of likely N-dealkylation sites (tertiary alicyclic amines) is 1. The molecule has 6 nitrogen and oxygen atoms in total. The fraction of sp³-hybridized carbons (Fsp3) is 0.882. The molecule has 134 valence electrons. The fourth-order valence-electron chi connectivity index (χ4n) is 2.83. The lowest BCUT2D eigenvalue weighted by Gasteiger charge is -2.35. The van der Waals surface area contributed by atoms with Gasteiger partial charge in [-0.15, -0.1) is 0 Å². The fourth-order valence-corrected chi connectivity index (χ4v) is 2.83. The average Bonchev–Trinajstić information content (AvgIpc) is 2.53. The standard InChI is InChI=1S/C17H35N5O/c1-5-14-9-7-8-11-22(14)12-10-20-16(19-6-2)21-13-17(3,4)15(18)23/h14H,5-13H2,1-4H3,(H2,18,23)(H2,19,20,21). The maximum Gasteiger partial charge on any atom is 0.224 e. The SMILES string of the molecule is CCNC(=NCC(C)(C)C(N)=O)NCCN1CCCCC1CC. The van der Waals surface area contributed by atoms with Crippen molar-refractivity contribution in [1.82, 2.24) is 15.5 Å². The number of carbonyl (C=O) groups excluding carboxylic acids is 1. The summed E-state index contributed by atoms with van der Waals surface area (Å²) in [5, 5.41) is 6.59. The first-order chi connectivity index (χ1) is 10.9. The minimum atomic E-state index is -0.622. The van der Waals surface area contributed by atoms with E-state index < -0.39 is 5.41 Å². The molecule has 1 fully saturated rings. The molecular weight excluding hydrogens is 290 g/mol. The van der Waals surface area contributed by atoms with Crippen LogP contribution in [-0.2, 0) is 4.79 Å². The Labute approximate surface area is 141 Å². The molecule has 0 aromatic rings. The molecule has 0 saturated carbocycles. The molecule has 0 aromatic carbocycles. The Hall–Kier alpha value is -1.30. The highest BCUT2D eigenvalue weighted by Gasteiger charge is 2.24. The quantitative estimate of drug-likeness (QED) is 0.464. The molecule has 6 heteroatoms. The largest absolute Gasteiger partial charge is 0.369 e. The summed E-state index contributed by atoms with van der Waals surface area (Å²) in [5.74, 6) is 0.433. The van der Waals surface area contributed by atoms with Gasteiger partial charge >= 0.3 is 0 Å². The summed E-state index contributed by atoms with van der Waals surface area (Å²) in [6, 6.07) is 0.721. The lowest BCUT2D eigenvalue weighted by molar-refractivity contribution is -0.125. The number of amides is 1. The van der Waals surface area contributed by atoms with Crippen molar-refractivity contribution in [2.24, 2.45) is 16.1 Å². The zero-order valence-electron chi connectivity index (χ0n) is 15.3. The molecule has 1 rings (SSSR count). The molecule has 0 spiro atoms. The van der Waals surface area contributed by atoms with Crippen LogP contribution >= 0.6 is 0 Å². The number of carbonyl (C=O) groups is 1. The number of nitrogens with one attached hydrogen (secondary N) is 2. The number of guanidine groups is 1. The number of nitrogens with two attached hydrogens (primary N) is 1. The van der Waals surface area contributed by atoms with Crippen LogP contribution in [0, 0.1) is 5.41 Å². The second-order valence-electron chi connectivity index (χ2n) is 6.96. The summed E-state index contributed by atoms with van der Waals surface area (Å²) >= 11 is 0. The van der Waals surface area contributed by atoms with E-state index in [4.69, 9.17) is 5.73 Å². The summed E-state index contributed by atoms with van der Waals surface area (Å²) < 4.78 is 0. The van der Waals surface area contributed by atoms with Gasteiger partial charge in [0, 0.05) is 25.7 Å². The molecule has 0 radical (unpaired) electrons. The molecule has 1 atom stereocenters. The van der Waals surface area contributed by atoms with Crippen molar-refractivity contribution in [2.45, 2.75) is 59.4 Å². The Balaban J connectivity index is 2.47. The van der Waals surface area contributed by atoms with Crippen molar-refractivity contribution in [3.8, 4) is 0 Å². The summed E-state index contributed by atoms with van der Waals surface area (Å²) in [6.07, 6.45) is 5.20. The summed E-state index contributed by atoms with van der Waals surface area (Å²) in [6.45, 7) is 12.2. The molecule has 1 saturated heterocycles. The molecule has 1 aliphatic heterocycles. The molecule has 23 heavy (non-hydrogen) atoms. The minimum Gasteiger partial charge on any atom is -0.369 e. The van der Waals surface area contributed by atoms with Crippen LogP contribution in [0.25, 0.3) is 0 Å². The zero-order valence-corrected chi connectivity index (χ0v) is 15.3. The maximum absolute atomic E-state index is 11.4. The van der Waals surface area contributed by atoms with E-state index in [1.165, 1.54) is 32.2 Å². The van der Waals surface area contributed by atoms with Gasteiger partial charge in [0.15, 0.2) is 5.96 Å². The first kappa shape index (κ1) is 19.7. The van der Waals surface area contributed by atoms with Gasteiger partial charge in [0.1, 0.15) is 0 Å². The van der Waals surface area contributed by atoms with E-state index in [1.807, 2.05) is 20.8 Å². The first-order valence-electron chi connectivity index (χ1n) is 8.96. The van der Waals surface area contributed by atoms with E-state index in [0.29, 0.717) is 6.54 Å². The summed E-state index contributed by atoms with van der Waals surface area (Å²) in [7, 11) is 0. The molecule has 1 unspecified atom stereocenters. The van der Waals surface area contributed by atoms with Crippen LogP contribution in [0.1, 0.15) is 53.4 Å². The summed E-state index contributed by atoms with van der Waals surface area (Å²) in [4.78, 5) is 18.5. The van der Waals surface area contributed by atoms with Crippen molar-refractivity contribution in [1.29, 1.82) is 0 Å². The molecule has 1 amide bonds. The first-order valence-corrected chi connectivity index (χ1v) is 8.96. The van der Waals surface area contributed by atoms with Crippen molar-refractivity contribution >= 4 is 11.9 Å². The van der Waals surface area contributed by atoms with Crippen molar-refractivity contribution in [2.75, 3.05) is 32.7 Å². The molecular formula is C17H35N5O. The Bertz CT molecular complexity index is 394. The predicted octanol–water partition coefficient (Wildman–Crippen LogP) is 1.32. The van der Waals surface area contributed by atoms with Crippen LogP contribution in [0.3, 0.4) is 0 Å². The Kier molecular flexibility index (Phi) is 8.37. The highest BCUT2D eigenvalue weighted by Crippen LogP contribution is 2.18. The van der Waals surface area contributed by atoms with E-state index in [-0.39, 0.29) is 5.91 Å². The van der Waals surface area contributed by atoms with Gasteiger partial charge in [0.25, 0.3) is 0 Å². The number of piperidine rings is 1. The highest BCUT2D eigenvalue weighted by atomic mass is 16.1. The number of nitrogens with zero attached hydrogens (tertiary/aromatic N) is 2. The third-order valence-corrected chi connectivity index (χ3v) is 4.56. The second kappa shape index (κ2) is 9.75. The van der Waals surface area contributed by atoms with E-state index in [0.717, 1.165) is 31.6 Å². The van der Waals surface area contributed by atoms with Crippen LogP contribution < -0.4 is 16.4 Å². The van der Waals surface area contributed by atoms with Crippen LogP contribution in [0.4, 0.5) is 0 Å². The lowest BCUT2D eigenvalue weighted by atomic mass is 9.93. The lowest BCUT2D eigenvalue weighted by Crippen LogP contribution is -2.46. The third kappa shape index (κ3) is 6.77. The van der Waals surface area contributed by atoms with E-state index >= 15 is 0 Å². The Morgan fingerprint density at radius 2 is 2.04 bits per heavy atom. The Morgan fingerprint density at radius 1 is 1.30 bits per heavy atom. The number of aliphatic imine (C=N–C) groups is 1. The molecule has 0 bridgehead atoms. The van der Waals surface area contributed by atoms with Crippen molar-refractivity contribution in [3.63, 3.8) is 0 Å². The van der Waals surface area contributed by atoms with Gasteiger partial charge in [-0.05, 0) is 46.6 Å². The molecule has 4 N–H and O–H groups in total. The Morgan fingerprint density at radius 3 is 2.65 bits per heavy atom. The minimum absolute atomic E-state index is 0.323. The topological polar surface area (TPSA) is 82.7 Å². The molecule has 1 heterocycles. The number of hydrogen-bond donors (Lipinski definition) is 3. The van der Waals surface area contributed by atoms with Gasteiger partial charge in [0.05, 0.1) is 12.0 Å². The van der Waals surface area contributed by atoms with Gasteiger partial charge in [-0.1, -0.05) is 13.3 Å². The second-order valence-corrected chi connectivity index (χ2v) is 6.96. The van der Waals surface area contributed by atoms with E-state index in [9.17, 15) is 4.79 Å². The monoisotopic (exact) mass is 325 g/mol. The van der Waals surface area contributed by atoms with Gasteiger partial charge in [-0.2, -0.15) is 0 Å². The van der Waals surface area contributed by atoms with Gasteiger partial charge in [-0.25, -0.2) is 0 Å². The number of hydrogen-bond acceptors (Lipinski definition) is 3.